The summed E-state index contributed by atoms with van der Waals surface area (Å²) in [5.74, 6) is 0. The Balaban J connectivity index is 1.51. The van der Waals surface area contributed by atoms with Crippen molar-refractivity contribution in [2.75, 3.05) is 0 Å². The molecular weight excluding hydrogens is 525 g/mol. The quantitative estimate of drug-likeness (QED) is 0.242. The minimum atomic E-state index is -0.365. The Labute approximate surface area is 229 Å². The van der Waals surface area contributed by atoms with E-state index < -0.39 is 0 Å². The van der Waals surface area contributed by atoms with Gasteiger partial charge in [-0.05, 0) is 59.7 Å². The minimum absolute atomic E-state index is 0.0580. The van der Waals surface area contributed by atoms with E-state index in [1.165, 1.54) is 23.4 Å². The molecular formula is C29H21Cl2N3O2S. The van der Waals surface area contributed by atoms with E-state index in [-0.39, 0.29) is 16.7 Å². The lowest BCUT2D eigenvalue weighted by atomic mass is 9.82. The highest BCUT2D eigenvalue weighted by Gasteiger charge is 2.41. The highest BCUT2D eigenvalue weighted by molar-refractivity contribution is 8.16. The van der Waals surface area contributed by atoms with Gasteiger partial charge in [-0.25, -0.2) is 4.99 Å². The SMILES string of the molecule is O=[N+]([O-])c1cccc(C2=CSC3=NC4=C(CCCC4=Cc4ccccc4Cl)C(c4ccccc4Cl)N23)c1. The molecule has 0 radical (unpaired) electrons. The van der Waals surface area contributed by atoms with E-state index >= 15 is 0 Å². The molecule has 1 unspecified atom stereocenters. The van der Waals surface area contributed by atoms with Gasteiger partial charge in [0.05, 0.1) is 22.4 Å². The van der Waals surface area contributed by atoms with Gasteiger partial charge in [0.25, 0.3) is 5.69 Å². The van der Waals surface area contributed by atoms with E-state index in [0.29, 0.717) is 10.0 Å². The molecule has 2 heterocycles. The first-order valence-electron chi connectivity index (χ1n) is 11.9. The van der Waals surface area contributed by atoms with E-state index in [0.717, 1.165) is 58.1 Å². The van der Waals surface area contributed by atoms with Crippen molar-refractivity contribution >= 4 is 57.6 Å². The number of nitro groups is 1. The predicted molar refractivity (Wildman–Crippen MR) is 152 cm³/mol. The Morgan fingerprint density at radius 1 is 1.00 bits per heavy atom. The van der Waals surface area contributed by atoms with Crippen molar-refractivity contribution in [1.29, 1.82) is 0 Å². The van der Waals surface area contributed by atoms with Crippen LogP contribution in [0.25, 0.3) is 11.8 Å². The van der Waals surface area contributed by atoms with Crippen LogP contribution in [0.2, 0.25) is 10.0 Å². The number of thioether (sulfide) groups is 1. The second kappa shape index (κ2) is 9.86. The summed E-state index contributed by atoms with van der Waals surface area (Å²) in [4.78, 5) is 18.5. The fourth-order valence-electron chi connectivity index (χ4n) is 5.16. The molecule has 0 saturated carbocycles. The van der Waals surface area contributed by atoms with E-state index in [4.69, 9.17) is 28.2 Å². The molecule has 1 atom stereocenters. The number of aliphatic imine (C=N–C) groups is 1. The normalized spacial score (nSPS) is 19.9. The molecule has 0 amide bonds. The first-order valence-corrected chi connectivity index (χ1v) is 13.6. The number of amidine groups is 1. The topological polar surface area (TPSA) is 58.7 Å². The fourth-order valence-corrected chi connectivity index (χ4v) is 6.52. The molecule has 2 aliphatic heterocycles. The molecule has 184 valence electrons. The molecule has 0 spiro atoms. The highest BCUT2D eigenvalue weighted by Crippen LogP contribution is 2.52. The maximum atomic E-state index is 11.5. The summed E-state index contributed by atoms with van der Waals surface area (Å²) in [5.41, 5.74) is 7.01. The number of benzene rings is 3. The number of hydrogen-bond donors (Lipinski definition) is 0. The first-order chi connectivity index (χ1) is 18.0. The summed E-state index contributed by atoms with van der Waals surface area (Å²) >= 11 is 14.8. The standard InChI is InChI=1S/C29H21Cl2N3O2S/c30-24-13-3-1-7-18(24)15-20-9-6-12-23-27(20)32-29-33(28(23)22-11-2-4-14-25(22)31)26(17-37-29)19-8-5-10-21(16-19)34(35)36/h1-5,7-8,10-11,13-17,28H,6,9,12H2. The molecule has 1 aliphatic carbocycles. The number of hydrogen-bond acceptors (Lipinski definition) is 5. The first kappa shape index (κ1) is 24.0. The van der Waals surface area contributed by atoms with Crippen LogP contribution in [0, 0.1) is 10.1 Å². The number of nitrogens with zero attached hydrogens (tertiary/aromatic N) is 3. The molecule has 0 fully saturated rings. The minimum Gasteiger partial charge on any atom is -0.308 e. The molecule has 8 heteroatoms. The second-order valence-corrected chi connectivity index (χ2v) is 10.7. The summed E-state index contributed by atoms with van der Waals surface area (Å²) in [6.45, 7) is 0. The lowest BCUT2D eigenvalue weighted by molar-refractivity contribution is -0.384. The van der Waals surface area contributed by atoms with Gasteiger partial charge in [0.15, 0.2) is 5.17 Å². The van der Waals surface area contributed by atoms with Crippen LogP contribution in [-0.4, -0.2) is 15.0 Å². The van der Waals surface area contributed by atoms with Crippen LogP contribution in [-0.2, 0) is 0 Å². The zero-order chi connectivity index (χ0) is 25.5. The van der Waals surface area contributed by atoms with Crippen LogP contribution in [0.1, 0.15) is 42.0 Å². The van der Waals surface area contributed by atoms with Crippen molar-refractivity contribution in [3.63, 3.8) is 0 Å². The summed E-state index contributed by atoms with van der Waals surface area (Å²) in [5, 5.41) is 15.7. The van der Waals surface area contributed by atoms with Crippen molar-refractivity contribution in [3.05, 3.63) is 132 Å². The van der Waals surface area contributed by atoms with Crippen molar-refractivity contribution in [3.8, 4) is 0 Å². The molecule has 3 aromatic carbocycles. The van der Waals surface area contributed by atoms with Crippen molar-refractivity contribution in [2.24, 2.45) is 4.99 Å². The van der Waals surface area contributed by atoms with Crippen LogP contribution < -0.4 is 0 Å². The van der Waals surface area contributed by atoms with Gasteiger partial charge < -0.3 is 4.90 Å². The van der Waals surface area contributed by atoms with Gasteiger partial charge in [0.1, 0.15) is 0 Å². The smallest absolute Gasteiger partial charge is 0.270 e. The average Bonchev–Trinajstić information content (AvgIpc) is 3.33. The van der Waals surface area contributed by atoms with Gasteiger partial charge in [-0.3, -0.25) is 10.1 Å². The average molecular weight is 546 g/mol. The number of nitro benzene ring substituents is 1. The van der Waals surface area contributed by atoms with Gasteiger partial charge in [-0.2, -0.15) is 0 Å². The van der Waals surface area contributed by atoms with Crippen LogP contribution in [0.4, 0.5) is 5.69 Å². The van der Waals surface area contributed by atoms with Crippen LogP contribution in [0.3, 0.4) is 0 Å². The molecule has 0 saturated heterocycles. The zero-order valence-electron chi connectivity index (χ0n) is 19.6. The lowest BCUT2D eigenvalue weighted by Crippen LogP contribution is -2.35. The number of allylic oxidation sites excluding steroid dienone is 1. The molecule has 3 aliphatic rings. The van der Waals surface area contributed by atoms with E-state index in [9.17, 15) is 10.1 Å². The summed E-state index contributed by atoms with van der Waals surface area (Å²) in [6.07, 6.45) is 4.92. The summed E-state index contributed by atoms with van der Waals surface area (Å²) in [6, 6.07) is 22.3. The molecule has 0 N–H and O–H groups in total. The Morgan fingerprint density at radius 2 is 1.78 bits per heavy atom. The number of non-ortho nitro benzene ring substituents is 1. The monoisotopic (exact) mass is 545 g/mol. The number of rotatable bonds is 4. The second-order valence-electron chi connectivity index (χ2n) is 9.04. The van der Waals surface area contributed by atoms with E-state index in [1.807, 2.05) is 53.9 Å². The van der Waals surface area contributed by atoms with Crippen molar-refractivity contribution in [2.45, 2.75) is 25.3 Å². The highest BCUT2D eigenvalue weighted by atomic mass is 35.5. The van der Waals surface area contributed by atoms with E-state index in [2.05, 4.69) is 17.0 Å². The molecule has 37 heavy (non-hydrogen) atoms. The Bertz CT molecular complexity index is 1560. The zero-order valence-corrected chi connectivity index (χ0v) is 21.9. The van der Waals surface area contributed by atoms with Crippen molar-refractivity contribution < 1.29 is 4.92 Å². The predicted octanol–water partition coefficient (Wildman–Crippen LogP) is 8.88. The third kappa shape index (κ3) is 4.39. The van der Waals surface area contributed by atoms with Gasteiger partial charge in [-0.1, -0.05) is 83.5 Å². The number of halogens is 2. The fraction of sp³-hybridized carbons (Fsp3) is 0.138. The van der Waals surface area contributed by atoms with Gasteiger partial charge in [0.2, 0.25) is 0 Å². The maximum absolute atomic E-state index is 11.5. The Morgan fingerprint density at radius 3 is 2.57 bits per heavy atom. The molecule has 5 nitrogen and oxygen atoms in total. The maximum Gasteiger partial charge on any atom is 0.270 e. The lowest BCUT2D eigenvalue weighted by Gasteiger charge is -2.40. The van der Waals surface area contributed by atoms with Crippen LogP contribution in [0.5, 0.6) is 0 Å². The number of fused-ring (bicyclic) bond motifs is 1. The molecule has 0 bridgehead atoms. The Hall–Kier alpha value is -3.32. The van der Waals surface area contributed by atoms with Gasteiger partial charge in [-0.15, -0.1) is 0 Å². The summed E-state index contributed by atoms with van der Waals surface area (Å²) in [7, 11) is 0. The summed E-state index contributed by atoms with van der Waals surface area (Å²) < 4.78 is 0. The van der Waals surface area contributed by atoms with Crippen molar-refractivity contribution in [1.82, 2.24) is 4.90 Å². The third-order valence-electron chi connectivity index (χ3n) is 6.83. The Kier molecular flexibility index (Phi) is 6.41. The van der Waals surface area contributed by atoms with Crippen LogP contribution >= 0.6 is 35.0 Å². The molecule has 6 rings (SSSR count). The largest absolute Gasteiger partial charge is 0.308 e. The molecule has 3 aromatic rings. The van der Waals surface area contributed by atoms with Gasteiger partial charge in [0, 0.05) is 33.1 Å². The third-order valence-corrected chi connectivity index (χ3v) is 8.35. The van der Waals surface area contributed by atoms with Gasteiger partial charge >= 0.3 is 0 Å². The van der Waals surface area contributed by atoms with E-state index in [1.54, 1.807) is 12.1 Å². The van der Waals surface area contributed by atoms with Crippen LogP contribution in [0.15, 0.2) is 100 Å². The molecule has 0 aromatic heterocycles.